The van der Waals surface area contributed by atoms with E-state index in [1.54, 1.807) is 0 Å². The van der Waals surface area contributed by atoms with Crippen LogP contribution in [0, 0.1) is 10.1 Å². The van der Waals surface area contributed by atoms with Crippen molar-refractivity contribution < 1.29 is 22.9 Å². The van der Waals surface area contributed by atoms with Crippen molar-refractivity contribution in [2.75, 3.05) is 9.80 Å². The monoisotopic (exact) mass is 549 g/mol. The van der Waals surface area contributed by atoms with E-state index in [9.17, 15) is 28.1 Å². The van der Waals surface area contributed by atoms with Gasteiger partial charge in [0.25, 0.3) is 5.69 Å². The average Bonchev–Trinajstić information content (AvgIpc) is 2.85. The fourth-order valence-electron chi connectivity index (χ4n) is 3.18. The van der Waals surface area contributed by atoms with Crippen LogP contribution in [0.3, 0.4) is 0 Å². The molecule has 15 heteroatoms. The van der Waals surface area contributed by atoms with Crippen molar-refractivity contribution in [3.63, 3.8) is 0 Å². The number of nitrogens with zero attached hydrogens (tertiary/aromatic N) is 7. The Kier molecular flexibility index (Phi) is 7.18. The van der Waals surface area contributed by atoms with Crippen LogP contribution in [0.2, 0.25) is 10.3 Å². The van der Waals surface area contributed by atoms with Gasteiger partial charge in [0.2, 0.25) is 0 Å². The normalized spacial score (nSPS) is 11.2. The fraction of sp³-hybridized carbons (Fsp3) is 0.0455. The Balaban J connectivity index is 1.88. The summed E-state index contributed by atoms with van der Waals surface area (Å²) in [6, 6.07) is 7.72. The van der Waals surface area contributed by atoms with Gasteiger partial charge in [-0.1, -0.05) is 23.2 Å². The maximum absolute atomic E-state index is 14.0. The minimum atomic E-state index is -4.61. The zero-order chi connectivity index (χ0) is 26.7. The third kappa shape index (κ3) is 5.73. The summed E-state index contributed by atoms with van der Waals surface area (Å²) in [5.74, 6) is -0.211. The van der Waals surface area contributed by atoms with E-state index in [1.165, 1.54) is 36.9 Å². The quantitative estimate of drug-likeness (QED) is 0.203. The summed E-state index contributed by atoms with van der Waals surface area (Å²) < 4.78 is 39.4. The molecule has 2 amide bonds. The third-order valence-corrected chi connectivity index (χ3v) is 5.16. The third-order valence-electron chi connectivity index (χ3n) is 4.80. The van der Waals surface area contributed by atoms with Crippen LogP contribution in [0.15, 0.2) is 73.3 Å². The predicted octanol–water partition coefficient (Wildman–Crippen LogP) is 6.60. The molecular formula is C22H12Cl2F3N7O3. The van der Waals surface area contributed by atoms with E-state index in [1.807, 2.05) is 0 Å². The lowest BCUT2D eigenvalue weighted by Gasteiger charge is -2.29. The number of nitro groups is 1. The molecule has 0 aliphatic carbocycles. The SMILES string of the molecule is O=C(N(c1ccc([N+](=O)[O-])cc1)c1cncc(Cl)n1)N(c1ccc(C(F)(F)F)cc1)c1cncc(Cl)n1. The summed E-state index contributed by atoms with van der Waals surface area (Å²) >= 11 is 12.0. The second-order valence-electron chi connectivity index (χ2n) is 7.17. The molecule has 4 aromatic rings. The van der Waals surface area contributed by atoms with Crippen LogP contribution in [0.5, 0.6) is 0 Å². The molecular weight excluding hydrogens is 538 g/mol. The lowest BCUT2D eigenvalue weighted by Crippen LogP contribution is -2.39. The second kappa shape index (κ2) is 10.3. The van der Waals surface area contributed by atoms with Crippen molar-refractivity contribution >= 4 is 57.9 Å². The van der Waals surface area contributed by atoms with Crippen molar-refractivity contribution in [3.05, 3.63) is 99.3 Å². The molecule has 188 valence electrons. The van der Waals surface area contributed by atoms with Crippen molar-refractivity contribution in [3.8, 4) is 0 Å². The van der Waals surface area contributed by atoms with E-state index >= 15 is 0 Å². The lowest BCUT2D eigenvalue weighted by molar-refractivity contribution is -0.384. The van der Waals surface area contributed by atoms with Crippen LogP contribution in [-0.2, 0) is 6.18 Å². The summed E-state index contributed by atoms with van der Waals surface area (Å²) in [6.45, 7) is 0. The summed E-state index contributed by atoms with van der Waals surface area (Å²) in [6.07, 6.45) is 0.208. The number of carbonyl (C=O) groups is 1. The molecule has 10 nitrogen and oxygen atoms in total. The summed E-state index contributed by atoms with van der Waals surface area (Å²) in [5.41, 5.74) is -1.09. The first-order chi connectivity index (χ1) is 17.5. The molecule has 4 rings (SSSR count). The Morgan fingerprint density at radius 3 is 1.59 bits per heavy atom. The zero-order valence-corrected chi connectivity index (χ0v) is 19.7. The Labute approximate surface area is 216 Å². The van der Waals surface area contributed by atoms with Gasteiger partial charge in [-0.05, 0) is 36.4 Å². The number of benzene rings is 2. The zero-order valence-electron chi connectivity index (χ0n) is 18.2. The molecule has 0 aliphatic heterocycles. The summed E-state index contributed by atoms with van der Waals surface area (Å²) in [4.78, 5) is 42.5. The van der Waals surface area contributed by atoms with Crippen molar-refractivity contribution in [2.24, 2.45) is 0 Å². The Morgan fingerprint density at radius 1 is 0.784 bits per heavy atom. The van der Waals surface area contributed by atoms with Crippen LogP contribution in [0.4, 0.5) is 46.7 Å². The highest BCUT2D eigenvalue weighted by molar-refractivity contribution is 6.29. The number of hydrogen-bond acceptors (Lipinski definition) is 7. The number of non-ortho nitro benzene ring substituents is 1. The number of rotatable bonds is 5. The van der Waals surface area contributed by atoms with Crippen molar-refractivity contribution in [1.29, 1.82) is 0 Å². The number of aromatic nitrogens is 4. The minimum absolute atomic E-state index is 0.0172. The van der Waals surface area contributed by atoms with Crippen LogP contribution < -0.4 is 9.80 Å². The number of amides is 2. The molecule has 0 bridgehead atoms. The fourth-order valence-corrected chi connectivity index (χ4v) is 3.47. The first-order valence-corrected chi connectivity index (χ1v) is 10.8. The second-order valence-corrected chi connectivity index (χ2v) is 7.95. The molecule has 2 heterocycles. The van der Waals surface area contributed by atoms with Gasteiger partial charge < -0.3 is 0 Å². The number of carbonyl (C=O) groups excluding carboxylic acids is 1. The van der Waals surface area contributed by atoms with Gasteiger partial charge >= 0.3 is 12.2 Å². The summed E-state index contributed by atoms with van der Waals surface area (Å²) in [5, 5.41) is 10.9. The van der Waals surface area contributed by atoms with E-state index < -0.39 is 22.7 Å². The average molecular weight is 550 g/mol. The highest BCUT2D eigenvalue weighted by atomic mass is 35.5. The molecule has 2 aromatic heterocycles. The highest BCUT2D eigenvalue weighted by Gasteiger charge is 2.33. The standard InChI is InChI=1S/C22H12Cl2F3N7O3/c23-17-9-28-11-19(30-17)32(14-3-1-13(2-4-14)22(25,26)27)21(35)33(20-12-29-10-18(24)31-20)15-5-7-16(8-6-15)34(36)37/h1-12H. The number of urea groups is 1. The van der Waals surface area contributed by atoms with Crippen molar-refractivity contribution in [2.45, 2.75) is 6.18 Å². The maximum atomic E-state index is 14.0. The van der Waals surface area contributed by atoms with Gasteiger partial charge in [0.1, 0.15) is 10.3 Å². The summed E-state index contributed by atoms with van der Waals surface area (Å²) in [7, 11) is 0. The number of alkyl halides is 3. The number of halogens is 5. The van der Waals surface area contributed by atoms with Gasteiger partial charge in [-0.25, -0.2) is 24.6 Å². The molecule has 2 aromatic carbocycles. The van der Waals surface area contributed by atoms with E-state index in [-0.39, 0.29) is 39.0 Å². The molecule has 0 aliphatic rings. The Morgan fingerprint density at radius 2 is 1.22 bits per heavy atom. The van der Waals surface area contributed by atoms with Gasteiger partial charge in [0.15, 0.2) is 11.6 Å². The molecule has 0 spiro atoms. The molecule has 0 N–H and O–H groups in total. The predicted molar refractivity (Wildman–Crippen MR) is 128 cm³/mol. The van der Waals surface area contributed by atoms with Gasteiger partial charge in [-0.2, -0.15) is 13.2 Å². The topological polar surface area (TPSA) is 118 Å². The van der Waals surface area contributed by atoms with E-state index in [2.05, 4.69) is 19.9 Å². The van der Waals surface area contributed by atoms with Crippen LogP contribution >= 0.6 is 23.2 Å². The molecule has 0 unspecified atom stereocenters. The smallest absolute Gasteiger partial charge is 0.258 e. The van der Waals surface area contributed by atoms with Gasteiger partial charge in [-0.3, -0.25) is 20.1 Å². The van der Waals surface area contributed by atoms with Crippen LogP contribution in [-0.4, -0.2) is 30.9 Å². The lowest BCUT2D eigenvalue weighted by atomic mass is 10.2. The Bertz CT molecular complexity index is 1460. The number of anilines is 4. The number of nitro benzene ring substituents is 1. The largest absolute Gasteiger partial charge is 0.416 e. The molecule has 0 saturated carbocycles. The highest BCUT2D eigenvalue weighted by Crippen LogP contribution is 2.35. The molecule has 0 fully saturated rings. The first kappa shape index (κ1) is 25.7. The van der Waals surface area contributed by atoms with Gasteiger partial charge in [-0.15, -0.1) is 0 Å². The minimum Gasteiger partial charge on any atom is -0.258 e. The van der Waals surface area contributed by atoms with E-state index in [4.69, 9.17) is 23.2 Å². The van der Waals surface area contributed by atoms with Crippen LogP contribution in [0.25, 0.3) is 0 Å². The first-order valence-electron chi connectivity index (χ1n) is 10.1. The maximum Gasteiger partial charge on any atom is 0.416 e. The molecule has 37 heavy (non-hydrogen) atoms. The van der Waals surface area contributed by atoms with Gasteiger partial charge in [0, 0.05) is 12.1 Å². The number of hydrogen-bond donors (Lipinski definition) is 0. The van der Waals surface area contributed by atoms with Gasteiger partial charge in [0.05, 0.1) is 46.6 Å². The van der Waals surface area contributed by atoms with E-state index in [0.29, 0.717) is 0 Å². The molecule has 0 atom stereocenters. The van der Waals surface area contributed by atoms with E-state index in [0.717, 1.165) is 46.2 Å². The molecule has 0 saturated heterocycles. The Hall–Kier alpha value is -4.36. The molecule has 0 radical (unpaired) electrons. The van der Waals surface area contributed by atoms with Crippen LogP contribution in [0.1, 0.15) is 5.56 Å². The van der Waals surface area contributed by atoms with Crippen molar-refractivity contribution in [1.82, 2.24) is 19.9 Å².